The lowest BCUT2D eigenvalue weighted by Gasteiger charge is -2.15. The molecule has 0 radical (unpaired) electrons. The lowest BCUT2D eigenvalue weighted by atomic mass is 10.1. The molecule has 1 rings (SSSR count). The van der Waals surface area contributed by atoms with Gasteiger partial charge in [0.1, 0.15) is 0 Å². The van der Waals surface area contributed by atoms with Crippen molar-refractivity contribution >= 4 is 23.3 Å². The zero-order valence-electron chi connectivity index (χ0n) is 9.01. The second-order valence-corrected chi connectivity index (χ2v) is 3.83. The summed E-state index contributed by atoms with van der Waals surface area (Å²) in [6.07, 6.45) is -4.57. The number of halogens is 4. The van der Waals surface area contributed by atoms with Gasteiger partial charge in [-0.05, 0) is 12.1 Å². The summed E-state index contributed by atoms with van der Waals surface area (Å²) >= 11 is 5.66. The molecule has 0 aliphatic heterocycles. The first-order chi connectivity index (χ1) is 8.23. The van der Waals surface area contributed by atoms with Crippen molar-refractivity contribution < 1.29 is 23.1 Å². The van der Waals surface area contributed by atoms with Crippen LogP contribution >= 0.6 is 11.6 Å². The number of carboxylic acids is 1. The minimum Gasteiger partial charge on any atom is -0.478 e. The Labute approximate surface area is 106 Å². The van der Waals surface area contributed by atoms with Gasteiger partial charge in [-0.1, -0.05) is 24.2 Å². The standard InChI is InChI=1S/C11H9ClF3NO2/c1-6(10(17)18)5-16-9-7(11(13,14)15)3-2-4-8(9)12/h2-4,16H,1,5H2,(H,17,18). The number of carbonyl (C=O) groups is 1. The number of anilines is 1. The van der Waals surface area contributed by atoms with Gasteiger partial charge in [-0.25, -0.2) is 4.79 Å². The Morgan fingerprint density at radius 3 is 2.56 bits per heavy atom. The molecule has 0 heterocycles. The van der Waals surface area contributed by atoms with Crippen molar-refractivity contribution in [3.63, 3.8) is 0 Å². The highest BCUT2D eigenvalue weighted by atomic mass is 35.5. The Balaban J connectivity index is 3.01. The maximum Gasteiger partial charge on any atom is 0.418 e. The number of hydrogen-bond donors (Lipinski definition) is 2. The van der Waals surface area contributed by atoms with Crippen LogP contribution in [0.15, 0.2) is 30.4 Å². The van der Waals surface area contributed by atoms with Crippen LogP contribution in [0.25, 0.3) is 0 Å². The van der Waals surface area contributed by atoms with Gasteiger partial charge in [0.05, 0.1) is 16.3 Å². The Bertz CT molecular complexity index is 486. The summed E-state index contributed by atoms with van der Waals surface area (Å²) in [4.78, 5) is 10.5. The van der Waals surface area contributed by atoms with Crippen molar-refractivity contribution in [2.24, 2.45) is 0 Å². The summed E-state index contributed by atoms with van der Waals surface area (Å²) in [5.74, 6) is -1.29. The van der Waals surface area contributed by atoms with Crippen LogP contribution in [0.1, 0.15) is 5.56 Å². The van der Waals surface area contributed by atoms with Gasteiger partial charge in [-0.15, -0.1) is 0 Å². The van der Waals surface area contributed by atoms with E-state index in [2.05, 4.69) is 11.9 Å². The summed E-state index contributed by atoms with van der Waals surface area (Å²) in [6, 6.07) is 3.31. The second-order valence-electron chi connectivity index (χ2n) is 3.42. The van der Waals surface area contributed by atoms with E-state index in [-0.39, 0.29) is 22.8 Å². The smallest absolute Gasteiger partial charge is 0.418 e. The minimum absolute atomic E-state index is 0.136. The zero-order valence-corrected chi connectivity index (χ0v) is 9.77. The molecule has 0 atom stereocenters. The molecule has 0 saturated heterocycles. The van der Waals surface area contributed by atoms with Crippen LogP contribution in [0.3, 0.4) is 0 Å². The predicted molar refractivity (Wildman–Crippen MR) is 61.7 cm³/mol. The summed E-state index contributed by atoms with van der Waals surface area (Å²) in [7, 11) is 0. The number of para-hydroxylation sites is 1. The molecule has 0 unspecified atom stereocenters. The van der Waals surface area contributed by atoms with Crippen LogP contribution < -0.4 is 5.32 Å². The number of rotatable bonds is 4. The minimum atomic E-state index is -4.57. The fourth-order valence-electron chi connectivity index (χ4n) is 1.21. The van der Waals surface area contributed by atoms with Gasteiger partial charge in [0, 0.05) is 12.1 Å². The number of aliphatic carboxylic acids is 1. The highest BCUT2D eigenvalue weighted by Crippen LogP contribution is 2.38. The molecule has 2 N–H and O–H groups in total. The molecule has 1 aromatic carbocycles. The van der Waals surface area contributed by atoms with E-state index in [0.717, 1.165) is 6.07 Å². The average Bonchev–Trinajstić information content (AvgIpc) is 2.25. The molecule has 0 aromatic heterocycles. The van der Waals surface area contributed by atoms with E-state index >= 15 is 0 Å². The molecular weight excluding hydrogens is 271 g/mol. The molecule has 0 aliphatic carbocycles. The zero-order chi connectivity index (χ0) is 13.9. The lowest BCUT2D eigenvalue weighted by molar-refractivity contribution is -0.137. The topological polar surface area (TPSA) is 49.3 Å². The van der Waals surface area contributed by atoms with Crippen molar-refractivity contribution in [1.82, 2.24) is 0 Å². The molecule has 0 bridgehead atoms. The molecule has 0 fully saturated rings. The molecule has 18 heavy (non-hydrogen) atoms. The Morgan fingerprint density at radius 2 is 2.06 bits per heavy atom. The van der Waals surface area contributed by atoms with E-state index in [1.807, 2.05) is 0 Å². The maximum absolute atomic E-state index is 12.7. The van der Waals surface area contributed by atoms with Gasteiger partial charge in [-0.2, -0.15) is 13.2 Å². The molecule has 3 nitrogen and oxygen atoms in total. The Kier molecular flexibility index (Phi) is 4.24. The van der Waals surface area contributed by atoms with Gasteiger partial charge < -0.3 is 10.4 Å². The van der Waals surface area contributed by atoms with E-state index in [1.54, 1.807) is 0 Å². The second kappa shape index (κ2) is 5.30. The lowest BCUT2D eigenvalue weighted by Crippen LogP contribution is -2.15. The number of benzene rings is 1. The Morgan fingerprint density at radius 1 is 1.44 bits per heavy atom. The van der Waals surface area contributed by atoms with Gasteiger partial charge in [-0.3, -0.25) is 0 Å². The van der Waals surface area contributed by atoms with Gasteiger partial charge in [0.2, 0.25) is 0 Å². The van der Waals surface area contributed by atoms with Gasteiger partial charge >= 0.3 is 12.1 Å². The van der Waals surface area contributed by atoms with Crippen molar-refractivity contribution in [3.05, 3.63) is 40.9 Å². The molecule has 1 aromatic rings. The van der Waals surface area contributed by atoms with Crippen LogP contribution in [0.4, 0.5) is 18.9 Å². The fourth-order valence-corrected chi connectivity index (χ4v) is 1.45. The number of hydrogen-bond acceptors (Lipinski definition) is 2. The number of alkyl halides is 3. The van der Waals surface area contributed by atoms with E-state index in [4.69, 9.17) is 16.7 Å². The SMILES string of the molecule is C=C(CNc1c(Cl)cccc1C(F)(F)F)C(=O)O. The van der Waals surface area contributed by atoms with Crippen molar-refractivity contribution in [1.29, 1.82) is 0 Å². The van der Waals surface area contributed by atoms with Crippen molar-refractivity contribution in [2.45, 2.75) is 6.18 Å². The molecule has 0 spiro atoms. The monoisotopic (exact) mass is 279 g/mol. The first-order valence-electron chi connectivity index (χ1n) is 4.74. The normalized spacial score (nSPS) is 11.1. The first kappa shape index (κ1) is 14.4. The van der Waals surface area contributed by atoms with Gasteiger partial charge in [0.25, 0.3) is 0 Å². The third-order valence-electron chi connectivity index (χ3n) is 2.10. The maximum atomic E-state index is 12.7. The quantitative estimate of drug-likeness (QED) is 0.831. The van der Waals surface area contributed by atoms with Crippen LogP contribution in [0, 0.1) is 0 Å². The van der Waals surface area contributed by atoms with Crippen LogP contribution in [-0.4, -0.2) is 17.6 Å². The van der Waals surface area contributed by atoms with E-state index < -0.39 is 17.7 Å². The molecule has 98 valence electrons. The molecule has 0 amide bonds. The van der Waals surface area contributed by atoms with E-state index in [9.17, 15) is 18.0 Å². The summed E-state index contributed by atoms with van der Waals surface area (Å²) in [5.41, 5.74) is -1.56. The van der Waals surface area contributed by atoms with Crippen molar-refractivity contribution in [3.8, 4) is 0 Å². The molecule has 0 aliphatic rings. The van der Waals surface area contributed by atoms with Crippen molar-refractivity contribution in [2.75, 3.05) is 11.9 Å². The summed E-state index contributed by atoms with van der Waals surface area (Å²) < 4.78 is 38.0. The first-order valence-corrected chi connectivity index (χ1v) is 5.12. The molecular formula is C11H9ClF3NO2. The predicted octanol–water partition coefficient (Wildman–Crippen LogP) is 3.41. The van der Waals surface area contributed by atoms with Crippen LogP contribution in [-0.2, 0) is 11.0 Å². The highest BCUT2D eigenvalue weighted by molar-refractivity contribution is 6.33. The third-order valence-corrected chi connectivity index (χ3v) is 2.41. The largest absolute Gasteiger partial charge is 0.478 e. The summed E-state index contributed by atoms with van der Waals surface area (Å²) in [5, 5.41) is 10.8. The highest BCUT2D eigenvalue weighted by Gasteiger charge is 2.34. The molecule has 7 heteroatoms. The third kappa shape index (κ3) is 3.40. The van der Waals surface area contributed by atoms with Crippen LogP contribution in [0.5, 0.6) is 0 Å². The number of nitrogens with one attached hydrogen (secondary N) is 1. The average molecular weight is 280 g/mol. The Hall–Kier alpha value is -1.69. The van der Waals surface area contributed by atoms with Crippen LogP contribution in [0.2, 0.25) is 5.02 Å². The van der Waals surface area contributed by atoms with E-state index in [0.29, 0.717) is 0 Å². The van der Waals surface area contributed by atoms with Gasteiger partial charge in [0.15, 0.2) is 0 Å². The fraction of sp³-hybridized carbons (Fsp3) is 0.182. The summed E-state index contributed by atoms with van der Waals surface area (Å²) in [6.45, 7) is 2.87. The van der Waals surface area contributed by atoms with E-state index in [1.165, 1.54) is 12.1 Å². The molecule has 0 saturated carbocycles. The number of carboxylic acid groups (broad SMARTS) is 1.